The van der Waals surface area contributed by atoms with E-state index in [2.05, 4.69) is 10.3 Å². The van der Waals surface area contributed by atoms with E-state index in [1.54, 1.807) is 18.5 Å². The SMILES string of the molecule is Cc1cccc(NC(=O)/C=C/c2ccncc2)c1C. The Kier molecular flexibility index (Phi) is 4.08. The second-order valence-corrected chi connectivity index (χ2v) is 4.35. The summed E-state index contributed by atoms with van der Waals surface area (Å²) in [5, 5.41) is 2.88. The number of aryl methyl sites for hydroxylation is 1. The number of carbonyl (C=O) groups excluding carboxylic acids is 1. The zero-order valence-corrected chi connectivity index (χ0v) is 11.1. The molecule has 0 spiro atoms. The second-order valence-electron chi connectivity index (χ2n) is 4.35. The van der Waals surface area contributed by atoms with Crippen LogP contribution in [-0.2, 0) is 4.79 Å². The highest BCUT2D eigenvalue weighted by Crippen LogP contribution is 2.17. The molecule has 3 heteroatoms. The van der Waals surface area contributed by atoms with E-state index in [1.165, 1.54) is 6.08 Å². The molecule has 19 heavy (non-hydrogen) atoms. The first-order valence-corrected chi connectivity index (χ1v) is 6.12. The third-order valence-corrected chi connectivity index (χ3v) is 3.00. The minimum atomic E-state index is -0.134. The average Bonchev–Trinajstić information content (AvgIpc) is 2.43. The van der Waals surface area contributed by atoms with Gasteiger partial charge in [0.05, 0.1) is 0 Å². The Morgan fingerprint density at radius 2 is 1.89 bits per heavy atom. The molecule has 0 fully saturated rings. The van der Waals surface area contributed by atoms with Gasteiger partial charge >= 0.3 is 0 Å². The van der Waals surface area contributed by atoms with Crippen LogP contribution in [0.25, 0.3) is 6.08 Å². The summed E-state index contributed by atoms with van der Waals surface area (Å²) in [5.74, 6) is -0.134. The van der Waals surface area contributed by atoms with Gasteiger partial charge < -0.3 is 5.32 Å². The van der Waals surface area contributed by atoms with Gasteiger partial charge in [0, 0.05) is 24.2 Å². The highest BCUT2D eigenvalue weighted by atomic mass is 16.1. The molecule has 0 radical (unpaired) electrons. The first-order chi connectivity index (χ1) is 9.16. The molecule has 0 aliphatic rings. The quantitative estimate of drug-likeness (QED) is 0.851. The average molecular weight is 252 g/mol. The Morgan fingerprint density at radius 1 is 1.16 bits per heavy atom. The van der Waals surface area contributed by atoms with E-state index in [0.717, 1.165) is 22.4 Å². The van der Waals surface area contributed by atoms with Crippen LogP contribution in [0.1, 0.15) is 16.7 Å². The van der Waals surface area contributed by atoms with Crippen molar-refractivity contribution >= 4 is 17.7 Å². The molecule has 1 N–H and O–H groups in total. The molecule has 1 aromatic carbocycles. The molecule has 0 saturated carbocycles. The summed E-state index contributed by atoms with van der Waals surface area (Å²) in [6.45, 7) is 4.02. The van der Waals surface area contributed by atoms with Gasteiger partial charge in [0.2, 0.25) is 5.91 Å². The lowest BCUT2D eigenvalue weighted by Gasteiger charge is -2.08. The van der Waals surface area contributed by atoms with Gasteiger partial charge in [0.15, 0.2) is 0 Å². The maximum absolute atomic E-state index is 11.8. The van der Waals surface area contributed by atoms with Crippen molar-refractivity contribution in [3.63, 3.8) is 0 Å². The van der Waals surface area contributed by atoms with Crippen molar-refractivity contribution in [2.24, 2.45) is 0 Å². The highest BCUT2D eigenvalue weighted by molar-refractivity contribution is 6.02. The van der Waals surface area contributed by atoms with Crippen LogP contribution in [0.15, 0.2) is 48.8 Å². The van der Waals surface area contributed by atoms with Crippen LogP contribution in [-0.4, -0.2) is 10.9 Å². The molecule has 2 aromatic rings. The summed E-state index contributed by atoms with van der Waals surface area (Å²) in [4.78, 5) is 15.8. The van der Waals surface area contributed by atoms with Gasteiger partial charge in [0.1, 0.15) is 0 Å². The van der Waals surface area contributed by atoms with Gasteiger partial charge in [-0.2, -0.15) is 0 Å². The van der Waals surface area contributed by atoms with Crippen LogP contribution >= 0.6 is 0 Å². The molecule has 2 rings (SSSR count). The van der Waals surface area contributed by atoms with Crippen molar-refractivity contribution in [1.82, 2.24) is 4.98 Å². The van der Waals surface area contributed by atoms with Crippen molar-refractivity contribution in [2.75, 3.05) is 5.32 Å². The number of hydrogen-bond acceptors (Lipinski definition) is 2. The van der Waals surface area contributed by atoms with Gasteiger partial charge in [-0.15, -0.1) is 0 Å². The van der Waals surface area contributed by atoms with E-state index in [9.17, 15) is 4.79 Å². The highest BCUT2D eigenvalue weighted by Gasteiger charge is 2.02. The smallest absolute Gasteiger partial charge is 0.248 e. The summed E-state index contributed by atoms with van der Waals surface area (Å²) in [7, 11) is 0. The fraction of sp³-hybridized carbons (Fsp3) is 0.125. The lowest BCUT2D eigenvalue weighted by Crippen LogP contribution is -2.09. The van der Waals surface area contributed by atoms with Gasteiger partial charge in [-0.25, -0.2) is 0 Å². The fourth-order valence-electron chi connectivity index (χ4n) is 1.71. The lowest BCUT2D eigenvalue weighted by atomic mass is 10.1. The monoisotopic (exact) mass is 252 g/mol. The number of rotatable bonds is 3. The Bertz CT molecular complexity index is 603. The number of amides is 1. The molecule has 0 aliphatic heterocycles. The zero-order chi connectivity index (χ0) is 13.7. The summed E-state index contributed by atoms with van der Waals surface area (Å²) >= 11 is 0. The third-order valence-electron chi connectivity index (χ3n) is 3.00. The zero-order valence-electron chi connectivity index (χ0n) is 11.1. The van der Waals surface area contributed by atoms with Gasteiger partial charge in [0.25, 0.3) is 0 Å². The summed E-state index contributed by atoms with van der Waals surface area (Å²) in [6, 6.07) is 9.56. The van der Waals surface area contributed by atoms with Crippen LogP contribution in [0.4, 0.5) is 5.69 Å². The van der Waals surface area contributed by atoms with E-state index in [-0.39, 0.29) is 5.91 Å². The van der Waals surface area contributed by atoms with Crippen LogP contribution in [0.2, 0.25) is 0 Å². The molecule has 1 heterocycles. The van der Waals surface area contributed by atoms with E-state index in [4.69, 9.17) is 0 Å². The van der Waals surface area contributed by atoms with Gasteiger partial charge in [-0.3, -0.25) is 9.78 Å². The van der Waals surface area contributed by atoms with Crippen LogP contribution in [0, 0.1) is 13.8 Å². The Morgan fingerprint density at radius 3 is 2.63 bits per heavy atom. The predicted molar refractivity (Wildman–Crippen MR) is 77.8 cm³/mol. The van der Waals surface area contributed by atoms with Crippen LogP contribution < -0.4 is 5.32 Å². The topological polar surface area (TPSA) is 42.0 Å². The number of carbonyl (C=O) groups is 1. The maximum Gasteiger partial charge on any atom is 0.248 e. The second kappa shape index (κ2) is 5.96. The Hall–Kier alpha value is -2.42. The minimum Gasteiger partial charge on any atom is -0.322 e. The molecule has 96 valence electrons. The van der Waals surface area contributed by atoms with Crippen LogP contribution in [0.3, 0.4) is 0 Å². The summed E-state index contributed by atoms with van der Waals surface area (Å²) in [5.41, 5.74) is 4.06. The van der Waals surface area contributed by atoms with E-state index in [0.29, 0.717) is 0 Å². The Labute approximate surface area is 113 Å². The first kappa shape index (κ1) is 13.0. The number of benzene rings is 1. The summed E-state index contributed by atoms with van der Waals surface area (Å²) < 4.78 is 0. The largest absolute Gasteiger partial charge is 0.322 e. The molecule has 3 nitrogen and oxygen atoms in total. The Balaban J connectivity index is 2.06. The van der Waals surface area contributed by atoms with E-state index < -0.39 is 0 Å². The molecule has 1 amide bonds. The number of aromatic nitrogens is 1. The molecule has 1 aromatic heterocycles. The standard InChI is InChI=1S/C16H16N2O/c1-12-4-3-5-15(13(12)2)18-16(19)7-6-14-8-10-17-11-9-14/h3-11H,1-2H3,(H,18,19)/b7-6+. The molecule has 0 saturated heterocycles. The van der Waals surface area contributed by atoms with E-state index in [1.807, 2.05) is 44.2 Å². The van der Waals surface area contributed by atoms with Crippen molar-refractivity contribution < 1.29 is 4.79 Å². The number of nitrogens with one attached hydrogen (secondary N) is 1. The van der Waals surface area contributed by atoms with Crippen molar-refractivity contribution in [1.29, 1.82) is 0 Å². The van der Waals surface area contributed by atoms with Crippen molar-refractivity contribution in [2.45, 2.75) is 13.8 Å². The molecule has 0 bridgehead atoms. The third kappa shape index (κ3) is 3.52. The van der Waals surface area contributed by atoms with Gasteiger partial charge in [-0.1, -0.05) is 12.1 Å². The molecule has 0 aliphatic carbocycles. The minimum absolute atomic E-state index is 0.134. The van der Waals surface area contributed by atoms with E-state index >= 15 is 0 Å². The van der Waals surface area contributed by atoms with Crippen LogP contribution in [0.5, 0.6) is 0 Å². The molecule has 0 atom stereocenters. The number of nitrogens with zero attached hydrogens (tertiary/aromatic N) is 1. The van der Waals surface area contributed by atoms with Crippen molar-refractivity contribution in [3.8, 4) is 0 Å². The normalized spacial score (nSPS) is 10.6. The predicted octanol–water partition coefficient (Wildman–Crippen LogP) is 3.35. The fourth-order valence-corrected chi connectivity index (χ4v) is 1.71. The van der Waals surface area contributed by atoms with Crippen molar-refractivity contribution in [3.05, 3.63) is 65.5 Å². The summed E-state index contributed by atoms with van der Waals surface area (Å²) in [6.07, 6.45) is 6.68. The lowest BCUT2D eigenvalue weighted by molar-refractivity contribution is -0.111. The van der Waals surface area contributed by atoms with Gasteiger partial charge in [-0.05, 0) is 54.8 Å². The molecule has 0 unspecified atom stereocenters. The molecular weight excluding hydrogens is 236 g/mol. The number of hydrogen-bond donors (Lipinski definition) is 1. The number of pyridine rings is 1. The molecular formula is C16H16N2O. The number of anilines is 1. The maximum atomic E-state index is 11.8. The first-order valence-electron chi connectivity index (χ1n) is 6.12.